The van der Waals surface area contributed by atoms with E-state index in [2.05, 4.69) is 15.3 Å². The molecule has 3 aromatic rings. The van der Waals surface area contributed by atoms with Crippen molar-refractivity contribution in [2.45, 2.75) is 39.0 Å². The summed E-state index contributed by atoms with van der Waals surface area (Å²) in [4.78, 5) is 20.8. The average Bonchev–Trinajstić information content (AvgIpc) is 2.70. The molecule has 0 aliphatic carbocycles. The molecule has 0 spiro atoms. The van der Waals surface area contributed by atoms with E-state index in [4.69, 9.17) is 9.47 Å². The lowest BCUT2D eigenvalue weighted by Crippen LogP contribution is -2.34. The summed E-state index contributed by atoms with van der Waals surface area (Å²) in [7, 11) is 0. The van der Waals surface area contributed by atoms with Crippen molar-refractivity contribution in [2.75, 3.05) is 0 Å². The molecule has 1 atom stereocenters. The summed E-state index contributed by atoms with van der Waals surface area (Å²) in [6.07, 6.45) is 4.73. The molecular formula is C23H25N3O3. The molecule has 0 aliphatic rings. The number of carbonyl (C=O) groups is 1. The minimum Gasteiger partial charge on any atom is -0.459 e. The van der Waals surface area contributed by atoms with Gasteiger partial charge in [0.15, 0.2) is 0 Å². The molecular weight excluding hydrogens is 366 g/mol. The van der Waals surface area contributed by atoms with Crippen LogP contribution >= 0.6 is 0 Å². The topological polar surface area (TPSA) is 73.3 Å². The summed E-state index contributed by atoms with van der Waals surface area (Å²) >= 11 is 0. The van der Waals surface area contributed by atoms with Gasteiger partial charge in [-0.2, -0.15) is 0 Å². The Morgan fingerprint density at radius 1 is 1.03 bits per heavy atom. The van der Waals surface area contributed by atoms with Gasteiger partial charge in [0.1, 0.15) is 17.4 Å². The highest BCUT2D eigenvalue weighted by Gasteiger charge is 2.26. The number of nitrogens with one attached hydrogen (secondary N) is 1. The minimum atomic E-state index is -0.550. The van der Waals surface area contributed by atoms with Crippen LogP contribution in [0.1, 0.15) is 37.9 Å². The maximum absolute atomic E-state index is 12.7. The van der Waals surface area contributed by atoms with Gasteiger partial charge >= 0.3 is 5.97 Å². The van der Waals surface area contributed by atoms with Gasteiger partial charge in [0.2, 0.25) is 5.88 Å². The number of nitrogens with zero attached hydrogens (tertiary/aromatic N) is 2. The van der Waals surface area contributed by atoms with E-state index in [1.807, 2.05) is 75.4 Å². The summed E-state index contributed by atoms with van der Waals surface area (Å²) in [6.45, 7) is 6.10. The molecule has 0 unspecified atom stereocenters. The van der Waals surface area contributed by atoms with Gasteiger partial charge in [-0.15, -0.1) is 0 Å². The van der Waals surface area contributed by atoms with E-state index in [-0.39, 0.29) is 5.97 Å². The molecule has 0 fully saturated rings. The monoisotopic (exact) mass is 391 g/mol. The fourth-order valence-electron chi connectivity index (χ4n) is 2.70. The van der Waals surface area contributed by atoms with Gasteiger partial charge in [0.25, 0.3) is 0 Å². The first-order valence-electron chi connectivity index (χ1n) is 9.45. The Hall–Kier alpha value is -3.25. The zero-order valence-corrected chi connectivity index (χ0v) is 16.8. The van der Waals surface area contributed by atoms with Crippen LogP contribution in [-0.4, -0.2) is 21.5 Å². The molecule has 1 heterocycles. The third-order valence-electron chi connectivity index (χ3n) is 3.97. The largest absolute Gasteiger partial charge is 0.459 e. The first-order valence-corrected chi connectivity index (χ1v) is 9.45. The third-order valence-corrected chi connectivity index (χ3v) is 3.97. The number of hydrogen-bond donors (Lipinski definition) is 1. The normalized spacial score (nSPS) is 12.2. The molecule has 0 radical (unpaired) electrons. The SMILES string of the molecule is CC(C)(C)OC(=O)[C@H](NCc1ccc(Oc2cnccn2)cc1)c1ccccc1. The summed E-state index contributed by atoms with van der Waals surface area (Å²) in [5, 5.41) is 3.31. The van der Waals surface area contributed by atoms with Crippen LogP contribution in [0, 0.1) is 0 Å². The van der Waals surface area contributed by atoms with Crippen LogP contribution in [-0.2, 0) is 16.1 Å². The molecule has 0 aliphatic heterocycles. The van der Waals surface area contributed by atoms with E-state index >= 15 is 0 Å². The fraction of sp³-hybridized carbons (Fsp3) is 0.261. The maximum Gasteiger partial charge on any atom is 0.328 e. The summed E-state index contributed by atoms with van der Waals surface area (Å²) in [6, 6.07) is 16.6. The molecule has 0 saturated carbocycles. The number of benzene rings is 2. The quantitative estimate of drug-likeness (QED) is 0.600. The van der Waals surface area contributed by atoms with Crippen LogP contribution in [0.3, 0.4) is 0 Å². The third kappa shape index (κ3) is 6.40. The van der Waals surface area contributed by atoms with Crippen LogP contribution in [0.5, 0.6) is 11.6 Å². The van der Waals surface area contributed by atoms with E-state index in [0.29, 0.717) is 18.2 Å². The molecule has 6 nitrogen and oxygen atoms in total. The maximum atomic E-state index is 12.7. The van der Waals surface area contributed by atoms with E-state index in [1.54, 1.807) is 18.6 Å². The molecule has 1 N–H and O–H groups in total. The van der Waals surface area contributed by atoms with Gasteiger partial charge in [-0.25, -0.2) is 9.78 Å². The molecule has 150 valence electrons. The van der Waals surface area contributed by atoms with E-state index in [1.165, 1.54) is 0 Å². The molecule has 29 heavy (non-hydrogen) atoms. The molecule has 0 bridgehead atoms. The number of carbonyl (C=O) groups excluding carboxylic acids is 1. The summed E-state index contributed by atoms with van der Waals surface area (Å²) < 4.78 is 11.2. The van der Waals surface area contributed by atoms with Crippen LogP contribution in [0.4, 0.5) is 0 Å². The zero-order chi connectivity index (χ0) is 20.7. The number of aromatic nitrogens is 2. The predicted molar refractivity (Wildman–Crippen MR) is 110 cm³/mol. The fourth-order valence-corrected chi connectivity index (χ4v) is 2.70. The Balaban J connectivity index is 1.66. The number of rotatable bonds is 7. The zero-order valence-electron chi connectivity index (χ0n) is 16.8. The van der Waals surface area contributed by atoms with Crippen molar-refractivity contribution in [2.24, 2.45) is 0 Å². The molecule has 2 aromatic carbocycles. The lowest BCUT2D eigenvalue weighted by atomic mass is 10.1. The van der Waals surface area contributed by atoms with Gasteiger partial charge in [0.05, 0.1) is 6.20 Å². The Bertz CT molecular complexity index is 908. The highest BCUT2D eigenvalue weighted by atomic mass is 16.6. The second kappa shape index (κ2) is 9.30. The van der Waals surface area contributed by atoms with Gasteiger partial charge < -0.3 is 9.47 Å². The minimum absolute atomic E-state index is 0.300. The van der Waals surface area contributed by atoms with Crippen LogP contribution < -0.4 is 10.1 Å². The summed E-state index contributed by atoms with van der Waals surface area (Å²) in [5.41, 5.74) is 1.33. The van der Waals surface area contributed by atoms with Crippen LogP contribution in [0.25, 0.3) is 0 Å². The van der Waals surface area contributed by atoms with Gasteiger partial charge in [0, 0.05) is 18.9 Å². The Labute approximate surface area is 170 Å². The number of ether oxygens (including phenoxy) is 2. The molecule has 0 amide bonds. The van der Waals surface area contributed by atoms with Crippen molar-refractivity contribution in [1.82, 2.24) is 15.3 Å². The molecule has 1 aromatic heterocycles. The highest BCUT2D eigenvalue weighted by molar-refractivity contribution is 5.78. The first kappa shape index (κ1) is 20.5. The Morgan fingerprint density at radius 3 is 2.38 bits per heavy atom. The van der Waals surface area contributed by atoms with Crippen molar-refractivity contribution in [3.8, 4) is 11.6 Å². The van der Waals surface area contributed by atoms with E-state index in [0.717, 1.165) is 11.1 Å². The Kier molecular flexibility index (Phi) is 6.57. The van der Waals surface area contributed by atoms with Gasteiger partial charge in [-0.3, -0.25) is 10.3 Å². The standard InChI is InChI=1S/C23H25N3O3/c1-23(2,3)29-22(27)21(18-7-5-4-6-8-18)26-15-17-9-11-19(12-10-17)28-20-16-24-13-14-25-20/h4-14,16,21,26H,15H2,1-3H3/t21-/m1/s1. The van der Waals surface area contributed by atoms with Crippen LogP contribution in [0.2, 0.25) is 0 Å². The average molecular weight is 391 g/mol. The van der Waals surface area contributed by atoms with Crippen molar-refractivity contribution >= 4 is 5.97 Å². The first-order chi connectivity index (χ1) is 13.9. The molecule has 3 rings (SSSR count). The lowest BCUT2D eigenvalue weighted by Gasteiger charge is -2.25. The number of hydrogen-bond acceptors (Lipinski definition) is 6. The van der Waals surface area contributed by atoms with Crippen molar-refractivity contribution in [1.29, 1.82) is 0 Å². The second-order valence-corrected chi connectivity index (χ2v) is 7.55. The summed E-state index contributed by atoms with van der Waals surface area (Å²) in [5.74, 6) is 0.805. The number of esters is 1. The van der Waals surface area contributed by atoms with Crippen molar-refractivity contribution < 1.29 is 14.3 Å². The smallest absolute Gasteiger partial charge is 0.328 e. The predicted octanol–water partition coefficient (Wildman–Crippen LogP) is 4.44. The van der Waals surface area contributed by atoms with Gasteiger partial charge in [-0.1, -0.05) is 42.5 Å². The van der Waals surface area contributed by atoms with E-state index in [9.17, 15) is 4.79 Å². The van der Waals surface area contributed by atoms with E-state index < -0.39 is 11.6 Å². The van der Waals surface area contributed by atoms with Crippen molar-refractivity contribution in [3.63, 3.8) is 0 Å². The van der Waals surface area contributed by atoms with Crippen LogP contribution in [0.15, 0.2) is 73.2 Å². The lowest BCUT2D eigenvalue weighted by molar-refractivity contribution is -0.157. The van der Waals surface area contributed by atoms with Crippen molar-refractivity contribution in [3.05, 3.63) is 84.3 Å². The second-order valence-electron chi connectivity index (χ2n) is 7.55. The van der Waals surface area contributed by atoms with Gasteiger partial charge in [-0.05, 0) is 44.0 Å². The molecule has 0 saturated heterocycles. The highest BCUT2D eigenvalue weighted by Crippen LogP contribution is 2.21. The Morgan fingerprint density at radius 2 is 1.76 bits per heavy atom. The molecule has 6 heteroatoms.